The van der Waals surface area contributed by atoms with Gasteiger partial charge in [0, 0.05) is 6.04 Å². The van der Waals surface area contributed by atoms with Crippen LogP contribution in [0.25, 0.3) is 0 Å². The molecular formula is C10H17N. The number of terminal acetylenes is 1. The largest absolute Gasteiger partial charge is 0.301 e. The molecule has 0 aliphatic carbocycles. The predicted octanol–water partition coefficient (Wildman–Crippen LogP) is 1.95. The van der Waals surface area contributed by atoms with Crippen molar-refractivity contribution < 1.29 is 0 Å². The van der Waals surface area contributed by atoms with Gasteiger partial charge in [-0.15, -0.1) is 13.0 Å². The van der Waals surface area contributed by atoms with Gasteiger partial charge in [-0.05, 0) is 19.8 Å². The smallest absolute Gasteiger partial charge is 0.0686 e. The summed E-state index contributed by atoms with van der Waals surface area (Å²) in [5.41, 5.74) is 0. The molecule has 0 aromatic heterocycles. The van der Waals surface area contributed by atoms with Crippen LogP contribution in [0.1, 0.15) is 26.7 Å². The van der Waals surface area contributed by atoms with Crippen LogP contribution in [0.5, 0.6) is 0 Å². The second-order valence-corrected chi connectivity index (χ2v) is 2.72. The number of nitrogens with one attached hydrogen (secondary N) is 1. The van der Waals surface area contributed by atoms with Crippen molar-refractivity contribution in [2.24, 2.45) is 0 Å². The van der Waals surface area contributed by atoms with E-state index in [1.807, 2.05) is 6.08 Å². The van der Waals surface area contributed by atoms with Gasteiger partial charge in [-0.3, -0.25) is 0 Å². The normalized spacial score (nSPS) is 15.0. The first-order valence-electron chi connectivity index (χ1n) is 4.07. The standard InChI is InChI=1S/C10H17N/c1-5-8-9(4)11-10(6-2)7-3/h2,5,9-11H,1,7-8H2,3-4H3. The Morgan fingerprint density at radius 1 is 1.73 bits per heavy atom. The van der Waals surface area contributed by atoms with Gasteiger partial charge in [0.1, 0.15) is 0 Å². The lowest BCUT2D eigenvalue weighted by atomic mass is 10.1. The quantitative estimate of drug-likeness (QED) is 0.468. The second-order valence-electron chi connectivity index (χ2n) is 2.72. The lowest BCUT2D eigenvalue weighted by molar-refractivity contribution is 0.499. The van der Waals surface area contributed by atoms with Crippen LogP contribution >= 0.6 is 0 Å². The Kier molecular flexibility index (Phi) is 5.60. The summed E-state index contributed by atoms with van der Waals surface area (Å²) in [6.45, 7) is 7.86. The monoisotopic (exact) mass is 151 g/mol. The molecule has 1 heteroatoms. The Bertz CT molecular complexity index is 143. The highest BCUT2D eigenvalue weighted by Gasteiger charge is 2.04. The summed E-state index contributed by atoms with van der Waals surface area (Å²) >= 11 is 0. The summed E-state index contributed by atoms with van der Waals surface area (Å²) in [4.78, 5) is 0. The lowest BCUT2D eigenvalue weighted by Crippen LogP contribution is -2.34. The molecule has 0 aliphatic rings. The number of rotatable bonds is 5. The van der Waals surface area contributed by atoms with E-state index in [1.165, 1.54) is 0 Å². The van der Waals surface area contributed by atoms with Gasteiger partial charge in [-0.25, -0.2) is 0 Å². The lowest BCUT2D eigenvalue weighted by Gasteiger charge is -2.16. The minimum Gasteiger partial charge on any atom is -0.301 e. The maximum Gasteiger partial charge on any atom is 0.0686 e. The Balaban J connectivity index is 3.63. The van der Waals surface area contributed by atoms with Crippen LogP contribution in [-0.2, 0) is 0 Å². The topological polar surface area (TPSA) is 12.0 Å². The van der Waals surface area contributed by atoms with Crippen LogP contribution in [0.3, 0.4) is 0 Å². The molecule has 2 unspecified atom stereocenters. The van der Waals surface area contributed by atoms with E-state index in [4.69, 9.17) is 6.42 Å². The fourth-order valence-corrected chi connectivity index (χ4v) is 0.945. The summed E-state index contributed by atoms with van der Waals surface area (Å²) in [5.74, 6) is 2.70. The van der Waals surface area contributed by atoms with Crippen molar-refractivity contribution in [3.05, 3.63) is 12.7 Å². The van der Waals surface area contributed by atoms with Gasteiger partial charge >= 0.3 is 0 Å². The summed E-state index contributed by atoms with van der Waals surface area (Å²) in [6, 6.07) is 0.651. The predicted molar refractivity (Wildman–Crippen MR) is 50.3 cm³/mol. The molecule has 0 rings (SSSR count). The van der Waals surface area contributed by atoms with Gasteiger partial charge in [0.05, 0.1) is 6.04 Å². The van der Waals surface area contributed by atoms with Crippen molar-refractivity contribution >= 4 is 0 Å². The summed E-state index contributed by atoms with van der Waals surface area (Å²) in [7, 11) is 0. The summed E-state index contributed by atoms with van der Waals surface area (Å²) in [5, 5.41) is 3.31. The van der Waals surface area contributed by atoms with E-state index in [9.17, 15) is 0 Å². The zero-order valence-electron chi connectivity index (χ0n) is 7.43. The Labute approximate surface area is 69.9 Å². The molecule has 0 saturated carbocycles. The molecule has 0 amide bonds. The second kappa shape index (κ2) is 6.00. The highest BCUT2D eigenvalue weighted by atomic mass is 14.9. The Morgan fingerprint density at radius 3 is 2.73 bits per heavy atom. The van der Waals surface area contributed by atoms with E-state index in [0.717, 1.165) is 12.8 Å². The molecule has 0 bridgehead atoms. The van der Waals surface area contributed by atoms with E-state index in [-0.39, 0.29) is 6.04 Å². The third-order valence-electron chi connectivity index (χ3n) is 1.62. The van der Waals surface area contributed by atoms with E-state index in [1.54, 1.807) is 0 Å². The van der Waals surface area contributed by atoms with Gasteiger partial charge in [0.15, 0.2) is 0 Å². The molecule has 0 radical (unpaired) electrons. The van der Waals surface area contributed by atoms with Crippen LogP contribution in [-0.4, -0.2) is 12.1 Å². The minimum atomic E-state index is 0.213. The van der Waals surface area contributed by atoms with Crippen molar-refractivity contribution in [3.63, 3.8) is 0 Å². The third-order valence-corrected chi connectivity index (χ3v) is 1.62. The Hall–Kier alpha value is -0.740. The van der Waals surface area contributed by atoms with Crippen molar-refractivity contribution in [1.29, 1.82) is 0 Å². The van der Waals surface area contributed by atoms with Gasteiger partial charge in [-0.2, -0.15) is 0 Å². The summed E-state index contributed by atoms with van der Waals surface area (Å²) in [6.07, 6.45) is 9.15. The highest BCUT2D eigenvalue weighted by Crippen LogP contribution is 1.95. The van der Waals surface area contributed by atoms with E-state index in [2.05, 4.69) is 31.7 Å². The van der Waals surface area contributed by atoms with E-state index < -0.39 is 0 Å². The highest BCUT2D eigenvalue weighted by molar-refractivity contribution is 4.99. The number of hydrogen-bond acceptors (Lipinski definition) is 1. The molecule has 0 aromatic rings. The van der Waals surface area contributed by atoms with Crippen molar-refractivity contribution in [3.8, 4) is 12.3 Å². The maximum atomic E-state index is 5.29. The zero-order valence-corrected chi connectivity index (χ0v) is 7.43. The maximum absolute atomic E-state index is 5.29. The van der Waals surface area contributed by atoms with Crippen molar-refractivity contribution in [2.45, 2.75) is 38.8 Å². The molecule has 1 nitrogen and oxygen atoms in total. The van der Waals surface area contributed by atoms with Gasteiger partial charge in [-0.1, -0.05) is 18.9 Å². The molecule has 0 saturated heterocycles. The fourth-order valence-electron chi connectivity index (χ4n) is 0.945. The van der Waals surface area contributed by atoms with Crippen LogP contribution in [0.4, 0.5) is 0 Å². The first kappa shape index (κ1) is 10.3. The number of hydrogen-bond donors (Lipinski definition) is 1. The SMILES string of the molecule is C#CC(CC)NC(C)CC=C. The summed E-state index contributed by atoms with van der Waals surface area (Å²) < 4.78 is 0. The molecule has 1 N–H and O–H groups in total. The molecular weight excluding hydrogens is 134 g/mol. The van der Waals surface area contributed by atoms with Gasteiger partial charge in [0.2, 0.25) is 0 Å². The molecule has 11 heavy (non-hydrogen) atoms. The molecule has 0 fully saturated rings. The molecule has 62 valence electrons. The van der Waals surface area contributed by atoms with E-state index in [0.29, 0.717) is 6.04 Å². The molecule has 2 atom stereocenters. The third kappa shape index (κ3) is 4.64. The minimum absolute atomic E-state index is 0.213. The average Bonchev–Trinajstić information content (AvgIpc) is 2.01. The molecule has 0 aliphatic heterocycles. The Morgan fingerprint density at radius 2 is 2.36 bits per heavy atom. The molecule has 0 aromatic carbocycles. The average molecular weight is 151 g/mol. The van der Waals surface area contributed by atoms with Gasteiger partial charge < -0.3 is 5.32 Å². The first-order chi connectivity index (χ1) is 5.24. The van der Waals surface area contributed by atoms with Crippen LogP contribution < -0.4 is 5.32 Å². The molecule has 0 heterocycles. The molecule has 0 spiro atoms. The fraction of sp³-hybridized carbons (Fsp3) is 0.600. The van der Waals surface area contributed by atoms with E-state index >= 15 is 0 Å². The van der Waals surface area contributed by atoms with Gasteiger partial charge in [0.25, 0.3) is 0 Å². The van der Waals surface area contributed by atoms with Crippen LogP contribution in [0.15, 0.2) is 12.7 Å². The first-order valence-corrected chi connectivity index (χ1v) is 4.07. The van der Waals surface area contributed by atoms with Crippen LogP contribution in [0, 0.1) is 12.3 Å². The van der Waals surface area contributed by atoms with Crippen molar-refractivity contribution in [2.75, 3.05) is 0 Å². The zero-order chi connectivity index (χ0) is 8.69. The van der Waals surface area contributed by atoms with Crippen molar-refractivity contribution in [1.82, 2.24) is 5.32 Å². The van der Waals surface area contributed by atoms with Crippen LogP contribution in [0.2, 0.25) is 0 Å².